The molecule has 6 nitrogen and oxygen atoms in total. The third-order valence-corrected chi connectivity index (χ3v) is 5.65. The first-order valence-electron chi connectivity index (χ1n) is 8.86. The first-order valence-corrected chi connectivity index (χ1v) is 9.85. The lowest BCUT2D eigenvalue weighted by Gasteiger charge is -2.12. The Morgan fingerprint density at radius 3 is 2.34 bits per heavy atom. The van der Waals surface area contributed by atoms with Crippen LogP contribution in [-0.2, 0) is 19.8 Å². The minimum Gasteiger partial charge on any atom is -0.280 e. The Labute approximate surface area is 169 Å². The molecule has 0 N–H and O–H groups in total. The van der Waals surface area contributed by atoms with Gasteiger partial charge in [-0.15, -0.1) is 11.8 Å². The van der Waals surface area contributed by atoms with Crippen molar-refractivity contribution in [3.05, 3.63) is 86.8 Å². The summed E-state index contributed by atoms with van der Waals surface area (Å²) in [5, 5.41) is 0.656. The highest BCUT2D eigenvalue weighted by Gasteiger charge is 2.19. The maximum Gasteiger partial charge on any atom is 0.332 e. The summed E-state index contributed by atoms with van der Waals surface area (Å²) in [6.07, 6.45) is 0. The van der Waals surface area contributed by atoms with Crippen molar-refractivity contribution in [2.24, 2.45) is 14.1 Å². The van der Waals surface area contributed by atoms with Crippen LogP contribution in [0.1, 0.15) is 5.56 Å². The second-order valence-corrected chi connectivity index (χ2v) is 7.47. The predicted octanol–water partition coefficient (Wildman–Crippen LogP) is 3.13. The van der Waals surface area contributed by atoms with E-state index in [4.69, 9.17) is 0 Å². The Hall–Kier alpha value is -3.26. The Kier molecular flexibility index (Phi) is 5.02. The molecule has 0 atom stereocenters. The SMILES string of the molecule is Cn1c(=O)c2c(SCc3ccccc3)nc(-c3ccccc3F)nc2n(C)c1=O. The lowest BCUT2D eigenvalue weighted by molar-refractivity contribution is 0.629. The summed E-state index contributed by atoms with van der Waals surface area (Å²) in [5.74, 6) is 0.226. The third kappa shape index (κ3) is 3.47. The number of benzene rings is 2. The smallest absolute Gasteiger partial charge is 0.280 e. The number of aryl methyl sites for hydroxylation is 1. The van der Waals surface area contributed by atoms with Crippen LogP contribution in [0.15, 0.2) is 69.2 Å². The normalized spacial score (nSPS) is 11.1. The minimum atomic E-state index is -0.500. The van der Waals surface area contributed by atoms with Gasteiger partial charge in [-0.1, -0.05) is 42.5 Å². The maximum absolute atomic E-state index is 14.4. The van der Waals surface area contributed by atoms with Gasteiger partial charge in [0.25, 0.3) is 5.56 Å². The number of thioether (sulfide) groups is 1. The molecule has 2 aromatic carbocycles. The summed E-state index contributed by atoms with van der Waals surface area (Å²) in [7, 11) is 2.95. The molecule has 0 aliphatic carbocycles. The van der Waals surface area contributed by atoms with E-state index in [0.717, 1.165) is 10.1 Å². The zero-order valence-corrected chi connectivity index (χ0v) is 16.6. The molecule has 4 rings (SSSR count). The van der Waals surface area contributed by atoms with E-state index < -0.39 is 17.1 Å². The van der Waals surface area contributed by atoms with Gasteiger partial charge in [-0.3, -0.25) is 13.9 Å². The summed E-state index contributed by atoms with van der Waals surface area (Å²) in [5.41, 5.74) is 0.475. The van der Waals surface area contributed by atoms with Gasteiger partial charge < -0.3 is 0 Å². The summed E-state index contributed by atoms with van der Waals surface area (Å²) < 4.78 is 16.7. The lowest BCUT2D eigenvalue weighted by Crippen LogP contribution is -2.37. The van der Waals surface area contributed by atoms with Crippen LogP contribution in [-0.4, -0.2) is 19.1 Å². The monoisotopic (exact) mass is 408 g/mol. The first-order chi connectivity index (χ1) is 14.0. The fraction of sp³-hybridized carbons (Fsp3) is 0.143. The van der Waals surface area contributed by atoms with Crippen molar-refractivity contribution < 1.29 is 4.39 Å². The average molecular weight is 408 g/mol. The van der Waals surface area contributed by atoms with E-state index in [1.807, 2.05) is 30.3 Å². The van der Waals surface area contributed by atoms with E-state index in [-0.39, 0.29) is 22.4 Å². The molecule has 0 amide bonds. The van der Waals surface area contributed by atoms with Crippen molar-refractivity contribution >= 4 is 22.8 Å². The third-order valence-electron chi connectivity index (χ3n) is 4.60. The van der Waals surface area contributed by atoms with Gasteiger partial charge in [0.2, 0.25) is 0 Å². The van der Waals surface area contributed by atoms with Crippen LogP contribution in [0.4, 0.5) is 4.39 Å². The van der Waals surface area contributed by atoms with Gasteiger partial charge >= 0.3 is 5.69 Å². The lowest BCUT2D eigenvalue weighted by atomic mass is 10.2. The van der Waals surface area contributed by atoms with Gasteiger partial charge in [0.1, 0.15) is 16.2 Å². The van der Waals surface area contributed by atoms with Crippen LogP contribution in [0.2, 0.25) is 0 Å². The fourth-order valence-corrected chi connectivity index (χ4v) is 3.99. The quantitative estimate of drug-likeness (QED) is 0.383. The predicted molar refractivity (Wildman–Crippen MR) is 111 cm³/mol. The largest absolute Gasteiger partial charge is 0.332 e. The molecule has 0 bridgehead atoms. The molecule has 146 valence electrons. The van der Waals surface area contributed by atoms with E-state index in [0.29, 0.717) is 10.8 Å². The van der Waals surface area contributed by atoms with Gasteiger partial charge in [0.15, 0.2) is 11.5 Å². The van der Waals surface area contributed by atoms with Crippen LogP contribution in [0.3, 0.4) is 0 Å². The highest BCUT2D eigenvalue weighted by Crippen LogP contribution is 2.29. The van der Waals surface area contributed by atoms with Crippen LogP contribution >= 0.6 is 11.8 Å². The number of aromatic nitrogens is 4. The average Bonchev–Trinajstić information content (AvgIpc) is 2.75. The molecule has 0 aliphatic heterocycles. The van der Waals surface area contributed by atoms with E-state index in [2.05, 4.69) is 9.97 Å². The summed E-state index contributed by atoms with van der Waals surface area (Å²) in [4.78, 5) is 34.1. The van der Waals surface area contributed by atoms with E-state index in [9.17, 15) is 14.0 Å². The highest BCUT2D eigenvalue weighted by molar-refractivity contribution is 7.98. The fourth-order valence-electron chi connectivity index (χ4n) is 3.02. The van der Waals surface area contributed by atoms with Crippen LogP contribution in [0, 0.1) is 5.82 Å². The molecule has 2 heterocycles. The standard InChI is InChI=1S/C21H17FN4O2S/c1-25-18-16(20(27)26(2)21(25)28)19(29-12-13-8-4-3-5-9-13)24-17(23-18)14-10-6-7-11-15(14)22/h3-11H,12H2,1-2H3. The highest BCUT2D eigenvalue weighted by atomic mass is 32.2. The molecule has 0 radical (unpaired) electrons. The van der Waals surface area contributed by atoms with Crippen molar-refractivity contribution in [2.45, 2.75) is 10.8 Å². The van der Waals surface area contributed by atoms with Gasteiger partial charge in [-0.05, 0) is 17.7 Å². The second kappa shape index (κ2) is 7.63. The van der Waals surface area contributed by atoms with Crippen LogP contribution < -0.4 is 11.2 Å². The number of fused-ring (bicyclic) bond motifs is 1. The minimum absolute atomic E-state index is 0.134. The molecule has 0 spiro atoms. The Balaban J connectivity index is 1.97. The number of hydrogen-bond donors (Lipinski definition) is 0. The van der Waals surface area contributed by atoms with Crippen LogP contribution in [0.25, 0.3) is 22.4 Å². The second-order valence-electron chi connectivity index (χ2n) is 6.51. The Morgan fingerprint density at radius 1 is 0.931 bits per heavy atom. The maximum atomic E-state index is 14.4. The molecule has 0 saturated carbocycles. The van der Waals surface area contributed by atoms with Gasteiger partial charge in [-0.25, -0.2) is 19.2 Å². The van der Waals surface area contributed by atoms with Crippen molar-refractivity contribution in [1.29, 1.82) is 0 Å². The summed E-state index contributed by atoms with van der Waals surface area (Å²) in [6.45, 7) is 0. The molecule has 4 aromatic rings. The molecular weight excluding hydrogens is 391 g/mol. The van der Waals surface area contributed by atoms with Crippen molar-refractivity contribution in [2.75, 3.05) is 0 Å². The zero-order valence-electron chi connectivity index (χ0n) is 15.8. The van der Waals surface area contributed by atoms with Crippen molar-refractivity contribution in [1.82, 2.24) is 19.1 Å². The van der Waals surface area contributed by atoms with Gasteiger partial charge in [0, 0.05) is 19.8 Å². The molecule has 0 aliphatic rings. The van der Waals surface area contributed by atoms with E-state index in [1.54, 1.807) is 18.2 Å². The van der Waals surface area contributed by atoms with Gasteiger partial charge in [0.05, 0.1) is 5.56 Å². The summed E-state index contributed by atoms with van der Waals surface area (Å²) in [6, 6.07) is 15.9. The van der Waals surface area contributed by atoms with Crippen molar-refractivity contribution in [3.8, 4) is 11.4 Å². The number of hydrogen-bond acceptors (Lipinski definition) is 5. The number of halogens is 1. The van der Waals surface area contributed by atoms with Crippen molar-refractivity contribution in [3.63, 3.8) is 0 Å². The Morgan fingerprint density at radius 2 is 1.62 bits per heavy atom. The topological polar surface area (TPSA) is 69.8 Å². The number of rotatable bonds is 4. The Bertz CT molecular complexity index is 1330. The van der Waals surface area contributed by atoms with Crippen LogP contribution in [0.5, 0.6) is 0 Å². The molecule has 8 heteroatoms. The molecule has 0 fully saturated rings. The van der Waals surface area contributed by atoms with E-state index >= 15 is 0 Å². The molecular formula is C21H17FN4O2S. The van der Waals surface area contributed by atoms with E-state index in [1.165, 1.54) is 36.5 Å². The van der Waals surface area contributed by atoms with Gasteiger partial charge in [-0.2, -0.15) is 0 Å². The molecule has 29 heavy (non-hydrogen) atoms. The molecule has 2 aromatic heterocycles. The molecule has 0 unspecified atom stereocenters. The number of nitrogens with zero attached hydrogens (tertiary/aromatic N) is 4. The summed E-state index contributed by atoms with van der Waals surface area (Å²) >= 11 is 1.35. The first kappa shape index (κ1) is 19.1. The zero-order chi connectivity index (χ0) is 20.5. The molecule has 0 saturated heterocycles.